The molecule has 310 valence electrons. The van der Waals surface area contributed by atoms with Gasteiger partial charge in [-0.2, -0.15) is 0 Å². The maximum Gasteiger partial charge on any atom is 0.306 e. The number of carbonyl (C=O) groups excluding carboxylic acids is 3. The van der Waals surface area contributed by atoms with Crippen LogP contribution in [0.4, 0.5) is 0 Å². The zero-order valence-corrected chi connectivity index (χ0v) is 35.2. The average Bonchev–Trinajstić information content (AvgIpc) is 3.11. The van der Waals surface area contributed by atoms with Gasteiger partial charge in [-0.15, -0.1) is 0 Å². The van der Waals surface area contributed by atoms with Crippen molar-refractivity contribution in [3.8, 4) is 0 Å². The molecule has 0 rings (SSSR count). The van der Waals surface area contributed by atoms with Crippen LogP contribution in [0.1, 0.15) is 194 Å². The summed E-state index contributed by atoms with van der Waals surface area (Å²) in [6.07, 6.45) is 39.3. The van der Waals surface area contributed by atoms with Gasteiger partial charge >= 0.3 is 11.9 Å². The maximum atomic E-state index is 12.7. The van der Waals surface area contributed by atoms with Crippen molar-refractivity contribution in [3.63, 3.8) is 0 Å². The van der Waals surface area contributed by atoms with Crippen LogP contribution < -0.4 is 5.11 Å². The van der Waals surface area contributed by atoms with Crippen molar-refractivity contribution in [2.24, 2.45) is 0 Å². The number of hydrogen-bond acceptors (Lipinski definition) is 7. The zero-order chi connectivity index (χ0) is 39.3. The molecule has 2 unspecified atom stereocenters. The highest BCUT2D eigenvalue weighted by Crippen LogP contribution is 2.14. The third kappa shape index (κ3) is 35.3. The molecule has 8 nitrogen and oxygen atoms in total. The zero-order valence-electron chi connectivity index (χ0n) is 35.2. The Balaban J connectivity index is 4.27. The van der Waals surface area contributed by atoms with Crippen LogP contribution in [-0.4, -0.2) is 75.5 Å². The molecule has 0 spiro atoms. The molecule has 0 radical (unpaired) electrons. The normalized spacial score (nSPS) is 13.2. The van der Waals surface area contributed by atoms with Crippen molar-refractivity contribution in [2.45, 2.75) is 206 Å². The number of hydrogen-bond donors (Lipinski definition) is 0. The number of nitrogens with zero attached hydrogens (tertiary/aromatic N) is 1. The Bertz CT molecular complexity index is 926. The monoisotopic (exact) mass is 750 g/mol. The van der Waals surface area contributed by atoms with E-state index in [1.54, 1.807) is 21.1 Å². The van der Waals surface area contributed by atoms with Gasteiger partial charge < -0.3 is 28.6 Å². The summed E-state index contributed by atoms with van der Waals surface area (Å²) < 4.78 is 17.1. The molecule has 0 aromatic carbocycles. The van der Waals surface area contributed by atoms with Crippen LogP contribution in [0.3, 0.4) is 0 Å². The third-order valence-electron chi connectivity index (χ3n) is 9.81. The van der Waals surface area contributed by atoms with Crippen molar-refractivity contribution in [2.75, 3.05) is 41.0 Å². The van der Waals surface area contributed by atoms with E-state index in [4.69, 9.17) is 14.2 Å². The Morgan fingerprint density at radius 2 is 0.962 bits per heavy atom. The van der Waals surface area contributed by atoms with E-state index < -0.39 is 18.1 Å². The molecule has 0 N–H and O–H groups in total. The molecule has 0 saturated carbocycles. The first-order chi connectivity index (χ1) is 25.6. The van der Waals surface area contributed by atoms with Gasteiger partial charge in [0.1, 0.15) is 12.6 Å². The first-order valence-corrected chi connectivity index (χ1v) is 21.9. The number of carbonyl (C=O) groups is 3. The molecule has 0 aliphatic heterocycles. The van der Waals surface area contributed by atoms with Gasteiger partial charge in [-0.25, -0.2) is 0 Å². The second kappa shape index (κ2) is 36.8. The predicted molar refractivity (Wildman–Crippen MR) is 217 cm³/mol. The minimum absolute atomic E-state index is 0.0329. The number of ether oxygens (including phenoxy) is 3. The van der Waals surface area contributed by atoms with E-state index in [-0.39, 0.29) is 42.7 Å². The summed E-state index contributed by atoms with van der Waals surface area (Å²) in [5.74, 6) is -1.78. The lowest BCUT2D eigenvalue weighted by Gasteiger charge is -2.34. The quantitative estimate of drug-likeness (QED) is 0.0267. The van der Waals surface area contributed by atoms with Crippen LogP contribution in [0, 0.1) is 0 Å². The van der Waals surface area contributed by atoms with Crippen molar-refractivity contribution >= 4 is 17.9 Å². The minimum Gasteiger partial charge on any atom is -0.544 e. The summed E-state index contributed by atoms with van der Waals surface area (Å²) >= 11 is 0. The number of carboxylic acids is 1. The lowest BCUT2D eigenvalue weighted by Crippen LogP contribution is -2.55. The fraction of sp³-hybridized carbons (Fsp3) is 0.844. The van der Waals surface area contributed by atoms with Crippen molar-refractivity contribution < 1.29 is 38.2 Å². The summed E-state index contributed by atoms with van der Waals surface area (Å²) in [5.41, 5.74) is 0. The summed E-state index contributed by atoms with van der Waals surface area (Å²) in [5, 5.41) is 11.6. The number of allylic oxidation sites excluding steroid dienone is 4. The fourth-order valence-electron chi connectivity index (χ4n) is 6.36. The van der Waals surface area contributed by atoms with Gasteiger partial charge in [-0.3, -0.25) is 9.59 Å². The topological polar surface area (TPSA) is 102 Å². The number of aliphatic carboxylic acids is 1. The van der Waals surface area contributed by atoms with E-state index in [9.17, 15) is 19.5 Å². The highest BCUT2D eigenvalue weighted by molar-refractivity contribution is 5.70. The number of carboxylic acid groups (broad SMARTS) is 1. The molecule has 0 aromatic heterocycles. The van der Waals surface area contributed by atoms with Gasteiger partial charge in [0.05, 0.1) is 40.3 Å². The number of likely N-dealkylation sites (N-methyl/N-ethyl adjacent to an activating group) is 1. The molecule has 8 heteroatoms. The Morgan fingerprint density at radius 3 is 1.43 bits per heavy atom. The first-order valence-electron chi connectivity index (χ1n) is 21.9. The fourth-order valence-corrected chi connectivity index (χ4v) is 6.36. The van der Waals surface area contributed by atoms with Gasteiger partial charge in [0.15, 0.2) is 6.10 Å². The van der Waals surface area contributed by atoms with Crippen LogP contribution >= 0.6 is 0 Å². The number of quaternary nitrogens is 1. The van der Waals surface area contributed by atoms with E-state index in [1.165, 1.54) is 122 Å². The molecule has 2 atom stereocenters. The summed E-state index contributed by atoms with van der Waals surface area (Å²) in [7, 11) is 5.39. The second-order valence-electron chi connectivity index (χ2n) is 15.9. The average molecular weight is 750 g/mol. The lowest BCUT2D eigenvalue weighted by molar-refractivity contribution is -0.889. The van der Waals surface area contributed by atoms with Gasteiger partial charge in [-0.05, 0) is 57.8 Å². The number of rotatable bonds is 39. The second-order valence-corrected chi connectivity index (χ2v) is 15.9. The van der Waals surface area contributed by atoms with Gasteiger partial charge in [0, 0.05) is 19.3 Å². The van der Waals surface area contributed by atoms with Crippen LogP contribution in [0.25, 0.3) is 0 Å². The molecule has 0 heterocycles. The minimum atomic E-state index is -1.13. The van der Waals surface area contributed by atoms with Crippen molar-refractivity contribution in [1.29, 1.82) is 0 Å². The maximum absolute atomic E-state index is 12.7. The Kier molecular flexibility index (Phi) is 35.2. The molecule has 0 amide bonds. The number of esters is 2. The van der Waals surface area contributed by atoms with Crippen molar-refractivity contribution in [3.05, 3.63) is 24.3 Å². The van der Waals surface area contributed by atoms with Crippen LogP contribution in [0.15, 0.2) is 24.3 Å². The van der Waals surface area contributed by atoms with E-state index in [0.717, 1.165) is 32.1 Å². The SMILES string of the molecule is CCCCCC/C=C/CCCC(=O)OCC(COCCC(C(=O)[O-])[N+](C)(C)C)OC(=O)CCCCCCCCC/C=C/CCCCCCCCCCC. The molecule has 0 saturated heterocycles. The molecular weight excluding hydrogens is 666 g/mol. The van der Waals surface area contributed by atoms with E-state index in [0.29, 0.717) is 19.3 Å². The summed E-state index contributed by atoms with van der Waals surface area (Å²) in [6, 6.07) is -0.727. The molecule has 0 bridgehead atoms. The first kappa shape index (κ1) is 50.8. The number of unbranched alkanes of at least 4 members (excludes halogenated alkanes) is 21. The van der Waals surface area contributed by atoms with Crippen LogP contribution in [-0.2, 0) is 28.6 Å². The van der Waals surface area contributed by atoms with Crippen LogP contribution in [0.2, 0.25) is 0 Å². The predicted octanol–water partition coefficient (Wildman–Crippen LogP) is 10.4. The standard InChI is InChI=1S/C45H83NO7/c1-6-8-10-12-14-16-17-18-19-20-21-22-23-24-25-26-28-30-32-34-36-44(48)53-41(39-51-38-37-42(45(49)50)46(3,4)5)40-52-43(47)35-33-31-29-27-15-13-11-9-7-2/h21-22,27,29,41-42H,6-20,23-26,28,30-40H2,1-5H3/b22-21+,29-27+. The van der Waals surface area contributed by atoms with Gasteiger partial charge in [-0.1, -0.05) is 141 Å². The molecule has 0 aliphatic rings. The van der Waals surface area contributed by atoms with Crippen LogP contribution in [0.5, 0.6) is 0 Å². The smallest absolute Gasteiger partial charge is 0.306 e. The molecular formula is C45H83NO7. The van der Waals surface area contributed by atoms with Gasteiger partial charge in [0.25, 0.3) is 0 Å². The molecule has 0 aromatic rings. The van der Waals surface area contributed by atoms with Gasteiger partial charge in [0.2, 0.25) is 0 Å². The van der Waals surface area contributed by atoms with E-state index in [2.05, 4.69) is 38.2 Å². The molecule has 0 fully saturated rings. The summed E-state index contributed by atoms with van der Waals surface area (Å²) in [6.45, 7) is 4.60. The van der Waals surface area contributed by atoms with E-state index in [1.807, 2.05) is 0 Å². The highest BCUT2D eigenvalue weighted by Gasteiger charge is 2.25. The van der Waals surface area contributed by atoms with Crippen molar-refractivity contribution in [1.82, 2.24) is 0 Å². The molecule has 0 aliphatic carbocycles. The Labute approximate surface area is 326 Å². The summed E-state index contributed by atoms with van der Waals surface area (Å²) in [4.78, 5) is 36.7. The van der Waals surface area contributed by atoms with E-state index >= 15 is 0 Å². The largest absolute Gasteiger partial charge is 0.544 e. The molecule has 53 heavy (non-hydrogen) atoms. The highest BCUT2D eigenvalue weighted by atomic mass is 16.6. The Hall–Kier alpha value is -2.19. The Morgan fingerprint density at radius 1 is 0.547 bits per heavy atom. The third-order valence-corrected chi connectivity index (χ3v) is 9.81. The lowest BCUT2D eigenvalue weighted by atomic mass is 10.1.